The summed E-state index contributed by atoms with van der Waals surface area (Å²) in [6.07, 6.45) is 20.9. The Morgan fingerprint density at radius 3 is 2.38 bits per heavy atom. The van der Waals surface area contributed by atoms with Gasteiger partial charge in [0.15, 0.2) is 6.29 Å². The van der Waals surface area contributed by atoms with Gasteiger partial charge in [0.05, 0.1) is 12.2 Å². The maximum absolute atomic E-state index is 6.37. The van der Waals surface area contributed by atoms with Crippen molar-refractivity contribution in [3.05, 3.63) is 36.0 Å². The number of hydrogen-bond acceptors (Lipinski definition) is 3. The second-order valence-electron chi connectivity index (χ2n) is 10.1. The largest absolute Gasteiger partial charge is 0.592 e. The number of hydrogen-bond donors (Lipinski definition) is 0. The zero-order valence-electron chi connectivity index (χ0n) is 19.3. The smallest absolute Gasteiger partial charge is 0.177 e. The van der Waals surface area contributed by atoms with Crippen LogP contribution in [0.25, 0.3) is 0 Å². The number of fused-ring (bicyclic) bond motifs is 2. The molecule has 0 radical (unpaired) electrons. The summed E-state index contributed by atoms with van der Waals surface area (Å²) in [6.45, 7) is 8.66. The summed E-state index contributed by atoms with van der Waals surface area (Å²) in [5, 5.41) is 0. The van der Waals surface area contributed by atoms with Crippen molar-refractivity contribution < 1.29 is 14.1 Å². The Labute approximate surface area is 178 Å². The lowest BCUT2D eigenvalue weighted by atomic mass is 9.18. The van der Waals surface area contributed by atoms with Crippen molar-refractivity contribution in [1.29, 1.82) is 0 Å². The molecular weight excluding hydrogens is 359 g/mol. The molecule has 0 spiro atoms. The molecule has 0 amide bonds. The molecule has 3 nitrogen and oxygen atoms in total. The van der Waals surface area contributed by atoms with Gasteiger partial charge in [0.25, 0.3) is 0 Å². The van der Waals surface area contributed by atoms with Crippen LogP contribution in [0.15, 0.2) is 36.0 Å². The Kier molecular flexibility index (Phi) is 8.24. The van der Waals surface area contributed by atoms with Crippen LogP contribution in [-0.2, 0) is 14.1 Å². The van der Waals surface area contributed by atoms with Gasteiger partial charge in [-0.1, -0.05) is 81.2 Å². The lowest BCUT2D eigenvalue weighted by Crippen LogP contribution is -2.52. The molecule has 0 aromatic heterocycles. The first kappa shape index (κ1) is 22.8. The molecule has 3 rings (SSSR count). The van der Waals surface area contributed by atoms with Gasteiger partial charge in [-0.3, -0.25) is 0 Å². The van der Waals surface area contributed by atoms with Crippen molar-refractivity contribution >= 4 is 6.35 Å². The summed E-state index contributed by atoms with van der Waals surface area (Å²) in [6, 6.07) is 0. The van der Waals surface area contributed by atoms with E-state index in [0.717, 1.165) is 18.1 Å². The Balaban J connectivity index is 1.58. The van der Waals surface area contributed by atoms with Crippen molar-refractivity contribution in [2.75, 3.05) is 7.11 Å². The molecule has 3 atom stereocenters. The van der Waals surface area contributed by atoms with Gasteiger partial charge in [-0.05, 0) is 40.4 Å². The van der Waals surface area contributed by atoms with Gasteiger partial charge in [-0.15, -0.1) is 18.0 Å². The lowest BCUT2D eigenvalue weighted by Gasteiger charge is -2.59. The maximum Gasteiger partial charge on any atom is 0.177 e. The zero-order valence-corrected chi connectivity index (χ0v) is 19.3. The maximum atomic E-state index is 6.37. The van der Waals surface area contributed by atoms with E-state index in [1.807, 2.05) is 27.0 Å². The second kappa shape index (κ2) is 10.5. The molecule has 2 bridgehead atoms. The number of allylic oxidation sites excluding steroid dienone is 3. The standard InChI is InChI=1S/C25H42BO3/c1-19(2)28-25-14-8-13-24(29-25)16-15-20(3)17-21(4)18-26(27-5)22-9-6-10-23(26)12-7-11-22/h8,14-17,19,21-25H,6-7,9-13,18H2,1-5H3/q-1/b16-15+,20-17-/t21-,22?,23?,24+,25+,26?/m0/s1. The van der Waals surface area contributed by atoms with Gasteiger partial charge in [0.1, 0.15) is 6.35 Å². The molecule has 0 aromatic carbocycles. The number of rotatable bonds is 8. The van der Waals surface area contributed by atoms with Crippen LogP contribution in [-0.4, -0.2) is 32.0 Å². The molecule has 0 aromatic rings. The molecule has 164 valence electrons. The average Bonchev–Trinajstić information content (AvgIpc) is 2.65. The van der Waals surface area contributed by atoms with E-state index in [4.69, 9.17) is 14.1 Å². The Bertz CT molecular complexity index is 587. The fourth-order valence-electron chi connectivity index (χ4n) is 6.43. The Hall–Kier alpha value is -0.835. The summed E-state index contributed by atoms with van der Waals surface area (Å²) in [7, 11) is 1.99. The molecule has 0 aliphatic carbocycles. The molecule has 0 N–H and O–H groups in total. The zero-order chi connectivity index (χ0) is 20.9. The molecule has 3 heterocycles. The van der Waals surface area contributed by atoms with Gasteiger partial charge >= 0.3 is 0 Å². The van der Waals surface area contributed by atoms with Crippen molar-refractivity contribution in [3.8, 4) is 0 Å². The molecule has 3 aliphatic rings. The summed E-state index contributed by atoms with van der Waals surface area (Å²) < 4.78 is 18.2. The predicted molar refractivity (Wildman–Crippen MR) is 123 cm³/mol. The first-order valence-corrected chi connectivity index (χ1v) is 12.0. The lowest BCUT2D eigenvalue weighted by molar-refractivity contribution is -0.154. The van der Waals surface area contributed by atoms with Gasteiger partial charge < -0.3 is 14.1 Å². The Morgan fingerprint density at radius 1 is 1.14 bits per heavy atom. The highest BCUT2D eigenvalue weighted by Crippen LogP contribution is 2.55. The third kappa shape index (κ3) is 5.86. The van der Waals surface area contributed by atoms with Crippen molar-refractivity contribution in [2.45, 2.75) is 109 Å². The summed E-state index contributed by atoms with van der Waals surface area (Å²) in [5.74, 6) is 2.18. The highest BCUT2D eigenvalue weighted by molar-refractivity contribution is 6.77. The van der Waals surface area contributed by atoms with E-state index in [1.54, 1.807) is 0 Å². The van der Waals surface area contributed by atoms with Crippen LogP contribution >= 0.6 is 0 Å². The van der Waals surface area contributed by atoms with Crippen molar-refractivity contribution in [3.63, 3.8) is 0 Å². The van der Waals surface area contributed by atoms with Crippen LogP contribution < -0.4 is 0 Å². The first-order valence-electron chi connectivity index (χ1n) is 12.0. The van der Waals surface area contributed by atoms with Crippen LogP contribution in [0.3, 0.4) is 0 Å². The monoisotopic (exact) mass is 401 g/mol. The van der Waals surface area contributed by atoms with Crippen LogP contribution in [0.2, 0.25) is 18.0 Å². The van der Waals surface area contributed by atoms with Crippen molar-refractivity contribution in [1.82, 2.24) is 0 Å². The van der Waals surface area contributed by atoms with Crippen LogP contribution in [0.5, 0.6) is 0 Å². The van der Waals surface area contributed by atoms with E-state index < -0.39 is 6.35 Å². The third-order valence-corrected chi connectivity index (χ3v) is 7.57. The SMILES string of the molecule is CO[B-]1(C[C@@H](C)/C=C(C)\C=C\[C@H]2CC=C[C@H](OC(C)C)O2)C2CCCC1CCC2. The summed E-state index contributed by atoms with van der Waals surface area (Å²) in [5.41, 5.74) is 1.32. The van der Waals surface area contributed by atoms with E-state index in [0.29, 0.717) is 5.92 Å². The highest BCUT2D eigenvalue weighted by atomic mass is 16.7. The Morgan fingerprint density at radius 2 is 1.79 bits per heavy atom. The summed E-state index contributed by atoms with van der Waals surface area (Å²) >= 11 is 0. The normalized spacial score (nSPS) is 36.7. The van der Waals surface area contributed by atoms with Gasteiger partial charge in [0.2, 0.25) is 0 Å². The molecule has 2 saturated heterocycles. The molecule has 4 heteroatoms. The van der Waals surface area contributed by atoms with E-state index in [2.05, 4.69) is 38.2 Å². The van der Waals surface area contributed by atoms with Crippen LogP contribution in [0, 0.1) is 5.92 Å². The minimum atomic E-state index is -0.676. The van der Waals surface area contributed by atoms with Gasteiger partial charge in [-0.2, -0.15) is 0 Å². The van der Waals surface area contributed by atoms with E-state index in [9.17, 15) is 0 Å². The molecule has 0 saturated carbocycles. The molecule has 2 fully saturated rings. The topological polar surface area (TPSA) is 27.7 Å². The predicted octanol–water partition coefficient (Wildman–Crippen LogP) is 6.92. The molecule has 3 aliphatic heterocycles. The van der Waals surface area contributed by atoms with Gasteiger partial charge in [-0.25, -0.2) is 0 Å². The fraction of sp³-hybridized carbons (Fsp3) is 0.760. The molecule has 29 heavy (non-hydrogen) atoms. The van der Waals surface area contributed by atoms with Crippen LogP contribution in [0.1, 0.15) is 72.6 Å². The second-order valence-corrected chi connectivity index (χ2v) is 10.1. The van der Waals surface area contributed by atoms with Crippen molar-refractivity contribution in [2.24, 2.45) is 5.92 Å². The van der Waals surface area contributed by atoms with E-state index in [1.165, 1.54) is 50.4 Å². The first-order chi connectivity index (χ1) is 13.9. The minimum Gasteiger partial charge on any atom is -0.592 e. The summed E-state index contributed by atoms with van der Waals surface area (Å²) in [4.78, 5) is 0. The van der Waals surface area contributed by atoms with Crippen LogP contribution in [0.4, 0.5) is 0 Å². The molecule has 0 unspecified atom stereocenters. The quantitative estimate of drug-likeness (QED) is 0.251. The average molecular weight is 401 g/mol. The molecular formula is C25H42BO3-. The minimum absolute atomic E-state index is 0.0923. The fourth-order valence-corrected chi connectivity index (χ4v) is 6.43. The van der Waals surface area contributed by atoms with E-state index >= 15 is 0 Å². The van der Waals surface area contributed by atoms with E-state index in [-0.39, 0.29) is 18.5 Å². The number of ether oxygens (including phenoxy) is 2. The highest BCUT2D eigenvalue weighted by Gasteiger charge is 2.44. The van der Waals surface area contributed by atoms with Gasteiger partial charge in [0, 0.05) is 0 Å². The third-order valence-electron chi connectivity index (χ3n) is 7.57.